The van der Waals surface area contributed by atoms with E-state index in [9.17, 15) is 9.18 Å². The molecule has 0 saturated carbocycles. The SMILES string of the molecule is [B]c1cc(F)ccc1C1N=C(c2nccs2)NC(CN2CCOCC2)=C1C(=O)OC. The molecule has 1 fully saturated rings. The molecule has 7 nitrogen and oxygen atoms in total. The van der Waals surface area contributed by atoms with E-state index in [0.29, 0.717) is 47.4 Å². The van der Waals surface area contributed by atoms with Crippen molar-refractivity contribution < 1.29 is 18.7 Å². The number of benzene rings is 1. The maximum absolute atomic E-state index is 13.7. The van der Waals surface area contributed by atoms with Crippen molar-refractivity contribution >= 4 is 36.5 Å². The molecule has 2 aromatic rings. The number of carbonyl (C=O) groups excluding carboxylic acids is 1. The van der Waals surface area contributed by atoms with Crippen LogP contribution < -0.4 is 10.8 Å². The fourth-order valence-corrected chi connectivity index (χ4v) is 4.11. The van der Waals surface area contributed by atoms with Crippen molar-refractivity contribution in [2.45, 2.75) is 6.04 Å². The van der Waals surface area contributed by atoms with Gasteiger partial charge in [-0.25, -0.2) is 14.2 Å². The number of carbonyl (C=O) groups is 1. The van der Waals surface area contributed by atoms with Crippen LogP contribution in [0.3, 0.4) is 0 Å². The Morgan fingerprint density at radius 1 is 1.43 bits per heavy atom. The minimum absolute atomic E-state index is 0.219. The number of hydrogen-bond acceptors (Lipinski definition) is 8. The number of morpholine rings is 1. The van der Waals surface area contributed by atoms with Gasteiger partial charge in [0.05, 0.1) is 25.9 Å². The molecule has 4 rings (SSSR count). The van der Waals surface area contributed by atoms with Crippen molar-refractivity contribution in [3.63, 3.8) is 0 Å². The highest BCUT2D eigenvalue weighted by atomic mass is 32.1. The third-order valence-corrected chi connectivity index (χ3v) is 5.77. The predicted molar refractivity (Wildman–Crippen MR) is 113 cm³/mol. The van der Waals surface area contributed by atoms with Gasteiger partial charge in [-0.3, -0.25) is 9.89 Å². The van der Waals surface area contributed by atoms with Crippen molar-refractivity contribution in [1.29, 1.82) is 0 Å². The summed E-state index contributed by atoms with van der Waals surface area (Å²) in [6.45, 7) is 3.22. The van der Waals surface area contributed by atoms with Crippen molar-refractivity contribution in [1.82, 2.24) is 15.2 Å². The number of rotatable bonds is 5. The predicted octanol–water partition coefficient (Wildman–Crippen LogP) is 0.926. The smallest absolute Gasteiger partial charge is 0.338 e. The summed E-state index contributed by atoms with van der Waals surface area (Å²) in [6, 6.07) is 3.35. The average molecular weight is 426 g/mol. The zero-order valence-corrected chi connectivity index (χ0v) is 17.2. The van der Waals surface area contributed by atoms with E-state index in [1.807, 2.05) is 5.38 Å². The van der Waals surface area contributed by atoms with Crippen LogP contribution in [-0.2, 0) is 14.3 Å². The van der Waals surface area contributed by atoms with E-state index in [4.69, 9.17) is 22.3 Å². The van der Waals surface area contributed by atoms with E-state index in [-0.39, 0.29) is 5.46 Å². The molecule has 1 unspecified atom stereocenters. The Morgan fingerprint density at radius 2 is 2.23 bits per heavy atom. The molecule has 1 aromatic carbocycles. The van der Waals surface area contributed by atoms with Gasteiger partial charge in [0.25, 0.3) is 0 Å². The quantitative estimate of drug-likeness (QED) is 0.567. The van der Waals surface area contributed by atoms with Gasteiger partial charge in [0.2, 0.25) is 0 Å². The average Bonchev–Trinajstić information content (AvgIpc) is 3.28. The first-order chi connectivity index (χ1) is 14.6. The minimum Gasteiger partial charge on any atom is -0.466 e. The number of nitrogens with one attached hydrogen (secondary N) is 1. The van der Waals surface area contributed by atoms with Gasteiger partial charge in [-0.1, -0.05) is 11.5 Å². The maximum Gasteiger partial charge on any atom is 0.338 e. The third kappa shape index (κ3) is 4.30. The Labute approximate surface area is 179 Å². The molecule has 1 atom stereocenters. The number of halogens is 1. The molecule has 0 bridgehead atoms. The normalized spacial score (nSPS) is 19.9. The second-order valence-electron chi connectivity index (χ2n) is 6.89. The van der Waals surface area contributed by atoms with Crippen molar-refractivity contribution in [3.8, 4) is 0 Å². The number of methoxy groups -OCH3 is 1. The van der Waals surface area contributed by atoms with Gasteiger partial charge in [-0.2, -0.15) is 0 Å². The molecule has 1 saturated heterocycles. The lowest BCUT2D eigenvalue weighted by molar-refractivity contribution is -0.136. The Morgan fingerprint density at radius 3 is 2.90 bits per heavy atom. The molecular weight excluding hydrogens is 406 g/mol. The second kappa shape index (κ2) is 9.07. The van der Waals surface area contributed by atoms with Crippen LogP contribution in [-0.4, -0.2) is 69.5 Å². The molecule has 0 spiro atoms. The lowest BCUT2D eigenvalue weighted by Crippen LogP contribution is -2.43. The van der Waals surface area contributed by atoms with Gasteiger partial charge in [0.15, 0.2) is 10.8 Å². The lowest BCUT2D eigenvalue weighted by Gasteiger charge is -2.32. The van der Waals surface area contributed by atoms with E-state index in [1.54, 1.807) is 12.3 Å². The van der Waals surface area contributed by atoms with Gasteiger partial charge in [0.1, 0.15) is 19.7 Å². The Balaban J connectivity index is 1.81. The highest BCUT2D eigenvalue weighted by Gasteiger charge is 2.34. The van der Waals surface area contributed by atoms with Crippen LogP contribution in [0.25, 0.3) is 0 Å². The van der Waals surface area contributed by atoms with E-state index >= 15 is 0 Å². The highest BCUT2D eigenvalue weighted by Crippen LogP contribution is 2.32. The van der Waals surface area contributed by atoms with Crippen LogP contribution in [0.15, 0.2) is 46.0 Å². The molecule has 2 aliphatic rings. The molecule has 3 heterocycles. The van der Waals surface area contributed by atoms with Gasteiger partial charge in [-0.15, -0.1) is 11.3 Å². The van der Waals surface area contributed by atoms with Crippen LogP contribution in [0.5, 0.6) is 0 Å². The molecule has 1 aromatic heterocycles. The maximum atomic E-state index is 13.7. The molecule has 0 aliphatic carbocycles. The summed E-state index contributed by atoms with van der Waals surface area (Å²) in [5, 5.41) is 5.81. The largest absolute Gasteiger partial charge is 0.466 e. The van der Waals surface area contributed by atoms with Crippen LogP contribution in [0.2, 0.25) is 0 Å². The Hall–Kier alpha value is -2.56. The van der Waals surface area contributed by atoms with E-state index in [1.165, 1.54) is 30.6 Å². The fraction of sp³-hybridized carbons (Fsp3) is 0.350. The van der Waals surface area contributed by atoms with E-state index in [0.717, 1.165) is 13.1 Å². The number of hydrogen-bond donors (Lipinski definition) is 1. The standard InChI is InChI=1S/C20H20BFN4O3S/c1-28-20(27)16-15(11-26-5-7-29-8-6-26)24-18(19-23-4-9-30-19)25-17(16)13-3-2-12(22)10-14(13)21/h2-4,9-10,17H,5-8,11H2,1H3,(H,24,25). The van der Waals surface area contributed by atoms with Crippen molar-refractivity contribution in [2.75, 3.05) is 40.0 Å². The first kappa shape index (κ1) is 20.7. The lowest BCUT2D eigenvalue weighted by atomic mass is 9.83. The van der Waals surface area contributed by atoms with Crippen molar-refractivity contribution in [2.24, 2.45) is 4.99 Å². The molecule has 10 heteroatoms. The van der Waals surface area contributed by atoms with E-state index in [2.05, 4.69) is 15.2 Å². The molecule has 2 radical (unpaired) electrons. The first-order valence-electron chi connectivity index (χ1n) is 9.48. The molecule has 30 heavy (non-hydrogen) atoms. The zero-order chi connectivity index (χ0) is 21.1. The van der Waals surface area contributed by atoms with Crippen LogP contribution in [0, 0.1) is 5.82 Å². The van der Waals surface area contributed by atoms with Gasteiger partial charge < -0.3 is 14.8 Å². The number of aromatic nitrogens is 1. The molecular formula is C20H20BFN4O3S. The highest BCUT2D eigenvalue weighted by molar-refractivity contribution is 7.11. The molecule has 154 valence electrons. The third-order valence-electron chi connectivity index (χ3n) is 5.00. The number of nitrogens with zero attached hydrogens (tertiary/aromatic N) is 3. The van der Waals surface area contributed by atoms with Crippen LogP contribution >= 0.6 is 11.3 Å². The molecule has 2 aliphatic heterocycles. The number of esters is 1. The fourth-order valence-electron chi connectivity index (χ4n) is 3.52. The summed E-state index contributed by atoms with van der Waals surface area (Å²) < 4.78 is 24.2. The van der Waals surface area contributed by atoms with Gasteiger partial charge in [-0.05, 0) is 17.7 Å². The summed E-state index contributed by atoms with van der Waals surface area (Å²) in [4.78, 5) is 24.1. The van der Waals surface area contributed by atoms with Gasteiger partial charge >= 0.3 is 5.97 Å². The van der Waals surface area contributed by atoms with Crippen LogP contribution in [0.4, 0.5) is 4.39 Å². The summed E-state index contributed by atoms with van der Waals surface area (Å²) in [6.07, 6.45) is 1.69. The number of aliphatic imine (C=N–C) groups is 1. The minimum atomic E-state index is -0.741. The van der Waals surface area contributed by atoms with Gasteiger partial charge in [0, 0.05) is 36.9 Å². The zero-order valence-electron chi connectivity index (χ0n) is 16.4. The monoisotopic (exact) mass is 426 g/mol. The molecule has 0 amide bonds. The Bertz CT molecular complexity index is 990. The van der Waals surface area contributed by atoms with Crippen LogP contribution in [0.1, 0.15) is 16.6 Å². The summed E-state index contributed by atoms with van der Waals surface area (Å²) in [5.74, 6) is -0.428. The molecule has 1 N–H and O–H groups in total. The van der Waals surface area contributed by atoms with Crippen molar-refractivity contribution in [3.05, 3.63) is 57.4 Å². The Kier molecular flexibility index (Phi) is 6.26. The number of thiazole rings is 1. The summed E-state index contributed by atoms with van der Waals surface area (Å²) >= 11 is 1.43. The second-order valence-corrected chi connectivity index (χ2v) is 7.78. The topological polar surface area (TPSA) is 76.0 Å². The van der Waals surface area contributed by atoms with E-state index < -0.39 is 17.8 Å². The first-order valence-corrected chi connectivity index (χ1v) is 10.4. The summed E-state index contributed by atoms with van der Waals surface area (Å²) in [5.41, 5.74) is 1.77. The summed E-state index contributed by atoms with van der Waals surface area (Å²) in [7, 11) is 7.43. The number of amidine groups is 1. The number of ether oxygens (including phenoxy) is 2.